The van der Waals surface area contributed by atoms with Crippen LogP contribution >= 0.6 is 11.8 Å². The second-order valence-electron chi connectivity index (χ2n) is 3.70. The summed E-state index contributed by atoms with van der Waals surface area (Å²) < 4.78 is 26.7. The van der Waals surface area contributed by atoms with Gasteiger partial charge < -0.3 is 5.32 Å². The van der Waals surface area contributed by atoms with Crippen molar-refractivity contribution in [3.05, 3.63) is 17.7 Å². The van der Waals surface area contributed by atoms with Gasteiger partial charge in [-0.2, -0.15) is 0 Å². The van der Waals surface area contributed by atoms with E-state index in [4.69, 9.17) is 0 Å². The molecular formula is C11H16F2N2S. The Labute approximate surface area is 98.8 Å². The van der Waals surface area contributed by atoms with Crippen LogP contribution in [0.3, 0.4) is 0 Å². The Morgan fingerprint density at radius 1 is 1.38 bits per heavy atom. The number of nitrogens with zero attached hydrogens (tertiary/aromatic N) is 1. The summed E-state index contributed by atoms with van der Waals surface area (Å²) >= 11 is 1.29. The highest BCUT2D eigenvalue weighted by molar-refractivity contribution is 7.99. The molecule has 16 heavy (non-hydrogen) atoms. The minimum Gasteiger partial charge on any atom is -0.368 e. The molecule has 1 heterocycles. The first kappa shape index (κ1) is 13.2. The van der Waals surface area contributed by atoms with Gasteiger partial charge in [0.1, 0.15) is 5.03 Å². The van der Waals surface area contributed by atoms with Crippen LogP contribution in [0.15, 0.2) is 11.1 Å². The first-order valence-electron chi connectivity index (χ1n) is 5.31. The molecule has 0 spiro atoms. The predicted molar refractivity (Wildman–Crippen MR) is 63.9 cm³/mol. The summed E-state index contributed by atoms with van der Waals surface area (Å²) in [4.78, 5) is 3.95. The van der Waals surface area contributed by atoms with Crippen LogP contribution in [-0.2, 0) is 0 Å². The van der Waals surface area contributed by atoms with Gasteiger partial charge in [0.2, 0.25) is 0 Å². The van der Waals surface area contributed by atoms with Crippen molar-refractivity contribution >= 4 is 17.6 Å². The fourth-order valence-corrected chi connectivity index (χ4v) is 1.89. The van der Waals surface area contributed by atoms with Crippen LogP contribution in [-0.4, -0.2) is 16.8 Å². The topological polar surface area (TPSA) is 24.9 Å². The summed E-state index contributed by atoms with van der Waals surface area (Å²) in [6.45, 7) is 6.47. The van der Waals surface area contributed by atoms with Crippen molar-refractivity contribution in [3.63, 3.8) is 0 Å². The van der Waals surface area contributed by atoms with E-state index < -0.39 is 11.6 Å². The lowest BCUT2D eigenvalue weighted by atomic mass is 10.4. The number of anilines is 1. The van der Waals surface area contributed by atoms with E-state index in [1.165, 1.54) is 11.8 Å². The molecule has 0 aliphatic rings. The molecule has 0 radical (unpaired) electrons. The van der Waals surface area contributed by atoms with Crippen LogP contribution < -0.4 is 5.32 Å². The molecule has 0 aliphatic heterocycles. The molecule has 1 N–H and O–H groups in total. The van der Waals surface area contributed by atoms with E-state index in [9.17, 15) is 8.78 Å². The summed E-state index contributed by atoms with van der Waals surface area (Å²) in [5.74, 6) is -1.11. The van der Waals surface area contributed by atoms with Gasteiger partial charge in [-0.05, 0) is 6.42 Å². The number of nitrogens with one attached hydrogen (secondary N) is 1. The molecule has 0 fully saturated rings. The average Bonchev–Trinajstić information content (AvgIpc) is 2.20. The molecule has 90 valence electrons. The second-order valence-corrected chi connectivity index (χ2v) is 5.26. The molecule has 2 nitrogen and oxygen atoms in total. The standard InChI is InChI=1S/C11H16F2N2S/c1-4-5-14-10-8(12)6-9(13)11(15-10)16-7(2)3/h6-7H,4-5H2,1-3H3,(H,14,15). The summed E-state index contributed by atoms with van der Waals surface area (Å²) in [5.41, 5.74) is 0. The van der Waals surface area contributed by atoms with E-state index >= 15 is 0 Å². The molecule has 1 aromatic heterocycles. The Kier molecular flexibility index (Phi) is 4.99. The summed E-state index contributed by atoms with van der Waals surface area (Å²) in [6.07, 6.45) is 0.866. The third kappa shape index (κ3) is 3.63. The molecule has 0 aromatic carbocycles. The Morgan fingerprint density at radius 3 is 2.62 bits per heavy atom. The van der Waals surface area contributed by atoms with Crippen LogP contribution in [0.2, 0.25) is 0 Å². The van der Waals surface area contributed by atoms with Crippen LogP contribution in [0.4, 0.5) is 14.6 Å². The van der Waals surface area contributed by atoms with E-state index in [1.54, 1.807) is 0 Å². The zero-order chi connectivity index (χ0) is 12.1. The van der Waals surface area contributed by atoms with Gasteiger partial charge in [-0.25, -0.2) is 13.8 Å². The SMILES string of the molecule is CCCNc1nc(SC(C)C)c(F)cc1F. The maximum absolute atomic E-state index is 13.4. The molecule has 0 bridgehead atoms. The van der Waals surface area contributed by atoms with E-state index in [0.717, 1.165) is 12.5 Å². The first-order chi connectivity index (χ1) is 7.54. The quantitative estimate of drug-likeness (QED) is 0.802. The van der Waals surface area contributed by atoms with Crippen molar-refractivity contribution in [2.45, 2.75) is 37.5 Å². The summed E-state index contributed by atoms with van der Waals surface area (Å²) in [5, 5.41) is 3.30. The van der Waals surface area contributed by atoms with Gasteiger partial charge >= 0.3 is 0 Å². The number of rotatable bonds is 5. The number of hydrogen-bond donors (Lipinski definition) is 1. The summed E-state index contributed by atoms with van der Waals surface area (Å²) in [7, 11) is 0. The maximum atomic E-state index is 13.4. The van der Waals surface area contributed by atoms with Crippen LogP contribution in [0.5, 0.6) is 0 Å². The molecule has 0 saturated carbocycles. The molecule has 0 unspecified atom stereocenters. The highest BCUT2D eigenvalue weighted by Crippen LogP contribution is 2.26. The number of halogens is 2. The Bertz CT molecular complexity index is 356. The molecule has 0 atom stereocenters. The Balaban J connectivity index is 2.92. The largest absolute Gasteiger partial charge is 0.368 e. The zero-order valence-corrected chi connectivity index (χ0v) is 10.5. The second kappa shape index (κ2) is 6.03. The third-order valence-corrected chi connectivity index (χ3v) is 2.77. The van der Waals surface area contributed by atoms with E-state index in [0.29, 0.717) is 6.54 Å². The van der Waals surface area contributed by atoms with E-state index in [2.05, 4.69) is 10.3 Å². The van der Waals surface area contributed by atoms with Crippen molar-refractivity contribution in [2.24, 2.45) is 0 Å². The predicted octanol–water partition coefficient (Wildman–Crippen LogP) is 3.68. The average molecular weight is 246 g/mol. The van der Waals surface area contributed by atoms with Crippen molar-refractivity contribution < 1.29 is 8.78 Å². The minimum absolute atomic E-state index is 0.131. The number of hydrogen-bond acceptors (Lipinski definition) is 3. The van der Waals surface area contributed by atoms with Crippen molar-refractivity contribution in [1.82, 2.24) is 4.98 Å². The van der Waals surface area contributed by atoms with Gasteiger partial charge in [-0.1, -0.05) is 20.8 Å². The number of aromatic nitrogens is 1. The van der Waals surface area contributed by atoms with Gasteiger partial charge in [0.15, 0.2) is 17.5 Å². The third-order valence-electron chi connectivity index (χ3n) is 1.79. The van der Waals surface area contributed by atoms with Crippen molar-refractivity contribution in [3.8, 4) is 0 Å². The molecule has 1 aromatic rings. The van der Waals surface area contributed by atoms with Gasteiger partial charge in [0, 0.05) is 17.9 Å². The van der Waals surface area contributed by atoms with Crippen LogP contribution in [0.25, 0.3) is 0 Å². The van der Waals surface area contributed by atoms with E-state index in [1.807, 2.05) is 20.8 Å². The van der Waals surface area contributed by atoms with E-state index in [-0.39, 0.29) is 16.1 Å². The fraction of sp³-hybridized carbons (Fsp3) is 0.545. The van der Waals surface area contributed by atoms with Crippen molar-refractivity contribution in [1.29, 1.82) is 0 Å². The molecule has 0 aliphatic carbocycles. The molecule has 0 saturated heterocycles. The minimum atomic E-state index is -0.640. The number of thioether (sulfide) groups is 1. The normalized spacial score (nSPS) is 10.9. The highest BCUT2D eigenvalue weighted by Gasteiger charge is 2.13. The lowest BCUT2D eigenvalue weighted by Crippen LogP contribution is -2.06. The van der Waals surface area contributed by atoms with Gasteiger partial charge in [-0.15, -0.1) is 11.8 Å². The number of pyridine rings is 1. The molecule has 5 heteroatoms. The smallest absolute Gasteiger partial charge is 0.168 e. The molecule has 1 rings (SSSR count). The van der Waals surface area contributed by atoms with Gasteiger partial charge in [0.25, 0.3) is 0 Å². The summed E-state index contributed by atoms with van der Waals surface area (Å²) in [6, 6.07) is 0.885. The van der Waals surface area contributed by atoms with Gasteiger partial charge in [0.05, 0.1) is 0 Å². The monoisotopic (exact) mass is 246 g/mol. The fourth-order valence-electron chi connectivity index (χ4n) is 1.12. The molecular weight excluding hydrogens is 230 g/mol. The molecule has 0 amide bonds. The van der Waals surface area contributed by atoms with Crippen molar-refractivity contribution in [2.75, 3.05) is 11.9 Å². The Hall–Kier alpha value is -0.840. The first-order valence-corrected chi connectivity index (χ1v) is 6.19. The highest BCUT2D eigenvalue weighted by atomic mass is 32.2. The maximum Gasteiger partial charge on any atom is 0.168 e. The lowest BCUT2D eigenvalue weighted by molar-refractivity contribution is 0.550. The Morgan fingerprint density at radius 2 is 2.06 bits per heavy atom. The lowest BCUT2D eigenvalue weighted by Gasteiger charge is -2.09. The zero-order valence-electron chi connectivity index (χ0n) is 9.68. The van der Waals surface area contributed by atoms with Gasteiger partial charge in [-0.3, -0.25) is 0 Å². The van der Waals surface area contributed by atoms with Crippen LogP contribution in [0.1, 0.15) is 27.2 Å². The van der Waals surface area contributed by atoms with Crippen LogP contribution in [0, 0.1) is 11.6 Å².